The average molecular weight is 173 g/mol. The van der Waals surface area contributed by atoms with Crippen molar-refractivity contribution in [2.45, 2.75) is 19.9 Å². The van der Waals surface area contributed by atoms with Gasteiger partial charge in [-0.05, 0) is 25.5 Å². The van der Waals surface area contributed by atoms with Crippen LogP contribution >= 0.6 is 0 Å². The third-order valence-corrected chi connectivity index (χ3v) is 2.63. The Morgan fingerprint density at radius 3 is 2.69 bits per heavy atom. The maximum atomic E-state index is 2.41. The van der Waals surface area contributed by atoms with E-state index < -0.39 is 0 Å². The Bertz CT molecular complexity index is 328. The fourth-order valence-corrected chi connectivity index (χ4v) is 1.84. The van der Waals surface area contributed by atoms with Gasteiger partial charge >= 0.3 is 0 Å². The van der Waals surface area contributed by atoms with E-state index in [1.165, 1.54) is 11.3 Å². The second-order valence-corrected chi connectivity index (χ2v) is 3.61. The molecule has 1 atom stereocenters. The van der Waals surface area contributed by atoms with E-state index in [1.54, 1.807) is 0 Å². The van der Waals surface area contributed by atoms with Crippen LogP contribution in [0.25, 0.3) is 0 Å². The fraction of sp³-hybridized carbons (Fsp3) is 0.333. The van der Waals surface area contributed by atoms with Crippen molar-refractivity contribution in [1.82, 2.24) is 0 Å². The molecule has 0 spiro atoms. The topological polar surface area (TPSA) is 3.24 Å². The summed E-state index contributed by atoms with van der Waals surface area (Å²) < 4.78 is 0. The van der Waals surface area contributed by atoms with Crippen LogP contribution in [0.15, 0.2) is 36.4 Å². The summed E-state index contributed by atoms with van der Waals surface area (Å²) in [6.07, 6.45) is 4.49. The van der Waals surface area contributed by atoms with Gasteiger partial charge in [-0.3, -0.25) is 0 Å². The van der Waals surface area contributed by atoms with Crippen LogP contribution in [0.4, 0.5) is 5.69 Å². The highest BCUT2D eigenvalue weighted by molar-refractivity contribution is 5.56. The summed E-state index contributed by atoms with van der Waals surface area (Å²) in [5, 5.41) is 0. The minimum atomic E-state index is 0.543. The van der Waals surface area contributed by atoms with Crippen LogP contribution in [0.2, 0.25) is 0 Å². The van der Waals surface area contributed by atoms with Crippen molar-refractivity contribution in [2.75, 3.05) is 11.4 Å². The Morgan fingerprint density at radius 2 is 2.08 bits per heavy atom. The smallest absolute Gasteiger partial charge is 0.0449 e. The monoisotopic (exact) mass is 173 g/mol. The minimum Gasteiger partial charge on any atom is -0.361 e. The zero-order chi connectivity index (χ0) is 9.26. The van der Waals surface area contributed by atoms with Crippen molar-refractivity contribution in [3.63, 3.8) is 0 Å². The van der Waals surface area contributed by atoms with Gasteiger partial charge in [0.15, 0.2) is 0 Å². The van der Waals surface area contributed by atoms with Crippen molar-refractivity contribution >= 4 is 5.69 Å². The van der Waals surface area contributed by atoms with E-state index in [0.717, 1.165) is 6.54 Å². The van der Waals surface area contributed by atoms with E-state index in [1.807, 2.05) is 0 Å². The molecular weight excluding hydrogens is 158 g/mol. The van der Waals surface area contributed by atoms with Crippen LogP contribution in [-0.2, 0) is 0 Å². The molecule has 1 heteroatoms. The molecule has 1 heterocycles. The molecule has 13 heavy (non-hydrogen) atoms. The van der Waals surface area contributed by atoms with E-state index in [2.05, 4.69) is 55.2 Å². The molecule has 0 N–H and O–H groups in total. The fourth-order valence-electron chi connectivity index (χ4n) is 1.84. The van der Waals surface area contributed by atoms with Gasteiger partial charge in [0.2, 0.25) is 0 Å². The summed E-state index contributed by atoms with van der Waals surface area (Å²) in [5.41, 5.74) is 2.72. The lowest BCUT2D eigenvalue weighted by Gasteiger charge is -2.25. The summed E-state index contributed by atoms with van der Waals surface area (Å²) in [6, 6.07) is 9.10. The van der Waals surface area contributed by atoms with Gasteiger partial charge in [0.25, 0.3) is 0 Å². The average Bonchev–Trinajstić information content (AvgIpc) is 2.52. The largest absolute Gasteiger partial charge is 0.361 e. The van der Waals surface area contributed by atoms with Gasteiger partial charge in [0, 0.05) is 18.3 Å². The predicted molar refractivity (Wildman–Crippen MR) is 57.1 cm³/mol. The van der Waals surface area contributed by atoms with Gasteiger partial charge in [0.05, 0.1) is 0 Å². The van der Waals surface area contributed by atoms with E-state index in [4.69, 9.17) is 0 Å². The third kappa shape index (κ3) is 1.46. The first-order valence-corrected chi connectivity index (χ1v) is 4.78. The van der Waals surface area contributed by atoms with E-state index in [9.17, 15) is 0 Å². The first kappa shape index (κ1) is 8.36. The molecule has 2 rings (SSSR count). The van der Waals surface area contributed by atoms with Crippen LogP contribution in [-0.4, -0.2) is 12.6 Å². The Morgan fingerprint density at radius 1 is 1.31 bits per heavy atom. The molecule has 0 saturated heterocycles. The van der Waals surface area contributed by atoms with Gasteiger partial charge in [-0.2, -0.15) is 0 Å². The normalized spacial score (nSPS) is 21.1. The summed E-state index contributed by atoms with van der Waals surface area (Å²) >= 11 is 0. The molecule has 1 aromatic carbocycles. The number of benzene rings is 1. The number of para-hydroxylation sites is 1. The lowest BCUT2D eigenvalue weighted by atomic mass is 10.1. The van der Waals surface area contributed by atoms with Crippen LogP contribution in [0.1, 0.15) is 12.5 Å². The highest BCUT2D eigenvalue weighted by atomic mass is 15.2. The second-order valence-electron chi connectivity index (χ2n) is 3.61. The Labute approximate surface area is 79.7 Å². The third-order valence-electron chi connectivity index (χ3n) is 2.63. The molecule has 1 nitrogen and oxygen atoms in total. The lowest BCUT2D eigenvalue weighted by Crippen LogP contribution is -2.27. The van der Waals surface area contributed by atoms with Crippen LogP contribution < -0.4 is 4.90 Å². The van der Waals surface area contributed by atoms with E-state index in [-0.39, 0.29) is 0 Å². The van der Waals surface area contributed by atoms with Gasteiger partial charge in [-0.15, -0.1) is 0 Å². The molecule has 1 aliphatic rings. The van der Waals surface area contributed by atoms with Crippen molar-refractivity contribution in [3.8, 4) is 0 Å². The van der Waals surface area contributed by atoms with Crippen molar-refractivity contribution in [3.05, 3.63) is 42.0 Å². The molecular formula is C12H15N. The summed E-state index contributed by atoms with van der Waals surface area (Å²) in [6.45, 7) is 5.45. The zero-order valence-electron chi connectivity index (χ0n) is 8.20. The molecule has 68 valence electrons. The van der Waals surface area contributed by atoms with Gasteiger partial charge in [0.1, 0.15) is 0 Å². The van der Waals surface area contributed by atoms with Crippen LogP contribution in [0.3, 0.4) is 0 Å². The first-order chi connectivity index (χ1) is 6.29. The Hall–Kier alpha value is -1.24. The molecule has 0 aliphatic carbocycles. The van der Waals surface area contributed by atoms with Crippen molar-refractivity contribution in [1.29, 1.82) is 0 Å². The van der Waals surface area contributed by atoms with E-state index in [0.29, 0.717) is 6.04 Å². The quantitative estimate of drug-likeness (QED) is 0.590. The summed E-state index contributed by atoms with van der Waals surface area (Å²) in [7, 11) is 0. The second kappa shape index (κ2) is 3.25. The first-order valence-electron chi connectivity index (χ1n) is 4.78. The Kier molecular flexibility index (Phi) is 2.09. The lowest BCUT2D eigenvalue weighted by molar-refractivity contribution is 0.822. The number of aryl methyl sites for hydroxylation is 1. The molecule has 0 amide bonds. The standard InChI is InChI=1S/C12H15N/c1-10-6-3-4-8-12(10)13-9-5-7-11(13)2/h3-8,11H,9H2,1-2H3. The van der Waals surface area contributed by atoms with Crippen LogP contribution in [0.5, 0.6) is 0 Å². The molecule has 1 aromatic rings. The number of hydrogen-bond acceptors (Lipinski definition) is 1. The molecule has 0 fully saturated rings. The molecule has 0 radical (unpaired) electrons. The van der Waals surface area contributed by atoms with Crippen molar-refractivity contribution < 1.29 is 0 Å². The van der Waals surface area contributed by atoms with Gasteiger partial charge in [-0.1, -0.05) is 30.4 Å². The summed E-state index contributed by atoms with van der Waals surface area (Å²) in [4.78, 5) is 2.41. The maximum Gasteiger partial charge on any atom is 0.0449 e. The van der Waals surface area contributed by atoms with Crippen molar-refractivity contribution in [2.24, 2.45) is 0 Å². The van der Waals surface area contributed by atoms with Crippen LogP contribution in [0, 0.1) is 6.92 Å². The number of anilines is 1. The van der Waals surface area contributed by atoms with E-state index >= 15 is 0 Å². The van der Waals surface area contributed by atoms with Gasteiger partial charge < -0.3 is 4.90 Å². The number of hydrogen-bond donors (Lipinski definition) is 0. The highest BCUT2D eigenvalue weighted by Crippen LogP contribution is 2.24. The molecule has 0 aromatic heterocycles. The zero-order valence-corrected chi connectivity index (χ0v) is 8.20. The predicted octanol–water partition coefficient (Wildman–Crippen LogP) is 2.76. The SMILES string of the molecule is Cc1ccccc1N1CC=CC1C. The van der Waals surface area contributed by atoms with Gasteiger partial charge in [-0.25, -0.2) is 0 Å². The molecule has 1 unspecified atom stereocenters. The number of nitrogens with zero attached hydrogens (tertiary/aromatic N) is 1. The molecule has 0 bridgehead atoms. The number of rotatable bonds is 1. The highest BCUT2D eigenvalue weighted by Gasteiger charge is 2.16. The Balaban J connectivity index is 2.31. The minimum absolute atomic E-state index is 0.543. The summed E-state index contributed by atoms with van der Waals surface area (Å²) in [5.74, 6) is 0. The molecule has 0 saturated carbocycles. The maximum absolute atomic E-state index is 2.41. The molecule has 1 aliphatic heterocycles.